The van der Waals surface area contributed by atoms with Gasteiger partial charge in [0, 0.05) is 13.2 Å². The molecular formula is C17H17Cl2N5O. The summed E-state index contributed by atoms with van der Waals surface area (Å²) in [4.78, 5) is 8.96. The van der Waals surface area contributed by atoms with Crippen LogP contribution in [0.15, 0.2) is 24.5 Å². The van der Waals surface area contributed by atoms with E-state index in [4.69, 9.17) is 27.9 Å². The van der Waals surface area contributed by atoms with Crippen LogP contribution >= 0.6 is 23.2 Å². The Bertz CT molecular complexity index is 921. The molecule has 25 heavy (non-hydrogen) atoms. The maximum atomic E-state index is 6.07. The average molecular weight is 378 g/mol. The van der Waals surface area contributed by atoms with E-state index < -0.39 is 0 Å². The lowest BCUT2D eigenvalue weighted by atomic mass is 10.1. The van der Waals surface area contributed by atoms with Crippen LogP contribution in [0.25, 0.3) is 11.0 Å². The van der Waals surface area contributed by atoms with E-state index in [-0.39, 0.29) is 0 Å². The van der Waals surface area contributed by atoms with Gasteiger partial charge in [-0.2, -0.15) is 5.10 Å². The number of nitrogens with one attached hydrogen (secondary N) is 1. The molecule has 0 spiro atoms. The predicted molar refractivity (Wildman–Crippen MR) is 98.9 cm³/mol. The van der Waals surface area contributed by atoms with Crippen molar-refractivity contribution in [3.05, 3.63) is 40.3 Å². The van der Waals surface area contributed by atoms with Gasteiger partial charge in [0.25, 0.3) is 0 Å². The van der Waals surface area contributed by atoms with Crippen LogP contribution in [0.5, 0.6) is 0 Å². The monoisotopic (exact) mass is 377 g/mol. The molecule has 3 aromatic rings. The van der Waals surface area contributed by atoms with Crippen LogP contribution in [0.1, 0.15) is 24.6 Å². The molecule has 2 aromatic heterocycles. The normalized spacial score (nSPS) is 15.6. The lowest BCUT2D eigenvalue weighted by molar-refractivity contribution is 0.0657. The molecule has 1 aliphatic heterocycles. The van der Waals surface area contributed by atoms with Crippen LogP contribution in [0.4, 0.5) is 11.5 Å². The van der Waals surface area contributed by atoms with E-state index in [0.29, 0.717) is 32.9 Å². The zero-order valence-corrected chi connectivity index (χ0v) is 15.2. The van der Waals surface area contributed by atoms with E-state index in [1.807, 2.05) is 6.20 Å². The number of halogens is 2. The van der Waals surface area contributed by atoms with Gasteiger partial charge >= 0.3 is 0 Å². The van der Waals surface area contributed by atoms with Gasteiger partial charge in [-0.3, -0.25) is 9.67 Å². The van der Waals surface area contributed by atoms with E-state index in [2.05, 4.69) is 32.0 Å². The van der Waals surface area contributed by atoms with Crippen molar-refractivity contribution >= 4 is 45.7 Å². The predicted octanol–water partition coefficient (Wildman–Crippen LogP) is 4.54. The van der Waals surface area contributed by atoms with Crippen LogP contribution in [0, 0.1) is 6.92 Å². The zero-order valence-electron chi connectivity index (χ0n) is 13.7. The number of benzene rings is 1. The minimum Gasteiger partial charge on any atom is -0.381 e. The Morgan fingerprint density at radius 2 is 1.84 bits per heavy atom. The SMILES string of the molecule is Cc1c(Nc2cnc3cc(Cl)c(Cl)cc3n2)cnn1C1CCOCC1. The number of fused-ring (bicyclic) bond motifs is 1. The quantitative estimate of drug-likeness (QED) is 0.725. The van der Waals surface area contributed by atoms with Crippen molar-refractivity contribution in [1.82, 2.24) is 19.7 Å². The summed E-state index contributed by atoms with van der Waals surface area (Å²) in [5.41, 5.74) is 3.38. The first kappa shape index (κ1) is 16.6. The van der Waals surface area contributed by atoms with E-state index in [9.17, 15) is 0 Å². The van der Waals surface area contributed by atoms with Crippen molar-refractivity contribution in [2.24, 2.45) is 0 Å². The maximum Gasteiger partial charge on any atom is 0.149 e. The van der Waals surface area contributed by atoms with Crippen LogP contribution < -0.4 is 5.32 Å². The van der Waals surface area contributed by atoms with Crippen molar-refractivity contribution in [3.63, 3.8) is 0 Å². The van der Waals surface area contributed by atoms with Crippen molar-refractivity contribution in [2.75, 3.05) is 18.5 Å². The molecule has 0 bridgehead atoms. The minimum atomic E-state index is 0.382. The summed E-state index contributed by atoms with van der Waals surface area (Å²) in [6, 6.07) is 3.81. The summed E-state index contributed by atoms with van der Waals surface area (Å²) in [7, 11) is 0. The molecule has 0 radical (unpaired) electrons. The first-order valence-electron chi connectivity index (χ1n) is 8.12. The second-order valence-corrected chi connectivity index (χ2v) is 6.88. The lowest BCUT2D eigenvalue weighted by Gasteiger charge is -2.23. The Morgan fingerprint density at radius 1 is 1.12 bits per heavy atom. The molecule has 8 heteroatoms. The summed E-state index contributed by atoms with van der Waals surface area (Å²) >= 11 is 12.1. The van der Waals surface area contributed by atoms with Gasteiger partial charge in [-0.1, -0.05) is 23.2 Å². The summed E-state index contributed by atoms with van der Waals surface area (Å²) in [5.74, 6) is 0.639. The molecule has 1 fully saturated rings. The smallest absolute Gasteiger partial charge is 0.149 e. The third kappa shape index (κ3) is 3.29. The zero-order chi connectivity index (χ0) is 17.4. The average Bonchev–Trinajstić information content (AvgIpc) is 2.98. The molecule has 0 unspecified atom stereocenters. The topological polar surface area (TPSA) is 64.9 Å². The van der Waals surface area contributed by atoms with Crippen molar-refractivity contribution in [3.8, 4) is 0 Å². The van der Waals surface area contributed by atoms with Gasteiger partial charge < -0.3 is 10.1 Å². The van der Waals surface area contributed by atoms with Crippen LogP contribution in [-0.2, 0) is 4.74 Å². The van der Waals surface area contributed by atoms with E-state index in [1.165, 1.54) is 0 Å². The highest BCUT2D eigenvalue weighted by atomic mass is 35.5. The van der Waals surface area contributed by atoms with Gasteiger partial charge in [-0.15, -0.1) is 0 Å². The molecule has 1 saturated heterocycles. The summed E-state index contributed by atoms with van der Waals surface area (Å²) in [6.07, 6.45) is 5.47. The second-order valence-electron chi connectivity index (χ2n) is 6.07. The molecule has 6 nitrogen and oxygen atoms in total. The molecule has 0 atom stereocenters. The van der Waals surface area contributed by atoms with E-state index in [0.717, 1.165) is 37.4 Å². The molecule has 1 aromatic carbocycles. The van der Waals surface area contributed by atoms with E-state index in [1.54, 1.807) is 18.3 Å². The van der Waals surface area contributed by atoms with Gasteiger partial charge in [-0.25, -0.2) is 4.98 Å². The first-order valence-corrected chi connectivity index (χ1v) is 8.88. The largest absolute Gasteiger partial charge is 0.381 e. The van der Waals surface area contributed by atoms with Gasteiger partial charge in [0.05, 0.1) is 50.9 Å². The number of aromatic nitrogens is 4. The minimum absolute atomic E-state index is 0.382. The van der Waals surface area contributed by atoms with Crippen LogP contribution in [0.3, 0.4) is 0 Å². The summed E-state index contributed by atoms with van der Waals surface area (Å²) in [6.45, 7) is 3.62. The van der Waals surface area contributed by atoms with Crippen LogP contribution in [0.2, 0.25) is 10.0 Å². The Balaban J connectivity index is 1.60. The summed E-state index contributed by atoms with van der Waals surface area (Å²) in [5, 5.41) is 8.76. The van der Waals surface area contributed by atoms with Gasteiger partial charge in [0.1, 0.15) is 5.82 Å². The van der Waals surface area contributed by atoms with Gasteiger partial charge in [0.2, 0.25) is 0 Å². The molecule has 4 rings (SSSR count). The number of rotatable bonds is 3. The Kier molecular flexibility index (Phi) is 4.50. The van der Waals surface area contributed by atoms with Crippen LogP contribution in [-0.4, -0.2) is 33.0 Å². The number of anilines is 2. The second kappa shape index (κ2) is 6.78. The molecule has 130 valence electrons. The number of nitrogens with zero attached hydrogens (tertiary/aromatic N) is 4. The fourth-order valence-corrected chi connectivity index (χ4v) is 3.37. The molecule has 0 aliphatic carbocycles. The molecule has 1 N–H and O–H groups in total. The lowest BCUT2D eigenvalue weighted by Crippen LogP contribution is -2.21. The Morgan fingerprint density at radius 3 is 2.60 bits per heavy atom. The van der Waals surface area contributed by atoms with Gasteiger partial charge in [0.15, 0.2) is 0 Å². The Labute approximate surface area is 155 Å². The molecular weight excluding hydrogens is 361 g/mol. The molecule has 1 aliphatic rings. The Hall–Kier alpha value is -1.89. The molecule has 0 amide bonds. The number of ether oxygens (including phenoxy) is 1. The fourth-order valence-electron chi connectivity index (χ4n) is 3.05. The number of hydrogen-bond acceptors (Lipinski definition) is 5. The van der Waals surface area contributed by atoms with Gasteiger partial charge in [-0.05, 0) is 31.9 Å². The standard InChI is InChI=1S/C17H17Cl2N5O/c1-10-16(8-21-24(10)11-2-4-25-5-3-11)23-17-9-20-14-6-12(18)13(19)7-15(14)22-17/h6-9,11H,2-5H2,1H3,(H,22,23). The van der Waals surface area contributed by atoms with Crippen molar-refractivity contribution in [1.29, 1.82) is 0 Å². The third-order valence-electron chi connectivity index (χ3n) is 4.43. The highest BCUT2D eigenvalue weighted by Crippen LogP contribution is 2.29. The van der Waals surface area contributed by atoms with Crippen molar-refractivity contribution < 1.29 is 4.74 Å². The fraction of sp³-hybridized carbons (Fsp3) is 0.353. The maximum absolute atomic E-state index is 6.07. The van der Waals surface area contributed by atoms with E-state index >= 15 is 0 Å². The molecule has 0 saturated carbocycles. The molecule has 3 heterocycles. The summed E-state index contributed by atoms with van der Waals surface area (Å²) < 4.78 is 7.49. The highest BCUT2D eigenvalue weighted by Gasteiger charge is 2.19. The third-order valence-corrected chi connectivity index (χ3v) is 5.15. The number of hydrogen-bond donors (Lipinski definition) is 1. The highest BCUT2D eigenvalue weighted by molar-refractivity contribution is 6.42. The van der Waals surface area contributed by atoms with Crippen molar-refractivity contribution in [2.45, 2.75) is 25.8 Å². The first-order chi connectivity index (χ1) is 12.1.